The van der Waals surface area contributed by atoms with E-state index in [0.717, 1.165) is 12.8 Å². The average molecular weight is 320 g/mol. The molecule has 1 aromatic carbocycles. The highest BCUT2D eigenvalue weighted by Gasteiger charge is 2.37. The molecule has 1 aliphatic heterocycles. The molecule has 0 spiro atoms. The van der Waals surface area contributed by atoms with Crippen LogP contribution >= 0.6 is 0 Å². The van der Waals surface area contributed by atoms with Crippen molar-refractivity contribution >= 4 is 5.91 Å². The normalized spacial score (nSPS) is 26.6. The molecular weight excluding hydrogens is 295 g/mol. The first-order valence-electron chi connectivity index (χ1n) is 8.64. The summed E-state index contributed by atoms with van der Waals surface area (Å²) in [6.45, 7) is 1.11. The molecule has 0 radical (unpaired) electrons. The number of hydrogen-bond donors (Lipinski definition) is 2. The van der Waals surface area contributed by atoms with Crippen LogP contribution in [-0.4, -0.2) is 31.1 Å². The van der Waals surface area contributed by atoms with Gasteiger partial charge in [-0.25, -0.2) is 4.39 Å². The Morgan fingerprint density at radius 1 is 1.26 bits per heavy atom. The number of amides is 1. The van der Waals surface area contributed by atoms with Crippen molar-refractivity contribution in [2.24, 2.45) is 5.92 Å². The number of halogens is 1. The van der Waals surface area contributed by atoms with Crippen molar-refractivity contribution in [3.8, 4) is 5.75 Å². The Kier molecular flexibility index (Phi) is 5.49. The van der Waals surface area contributed by atoms with Crippen LogP contribution in [0.5, 0.6) is 5.75 Å². The van der Waals surface area contributed by atoms with E-state index < -0.39 is 0 Å². The lowest BCUT2D eigenvalue weighted by Gasteiger charge is -2.24. The average Bonchev–Trinajstić information content (AvgIpc) is 3.00. The van der Waals surface area contributed by atoms with Gasteiger partial charge in [0.25, 0.3) is 0 Å². The molecule has 1 aliphatic carbocycles. The minimum atomic E-state index is -0.269. The molecule has 1 saturated heterocycles. The lowest BCUT2D eigenvalue weighted by atomic mass is 9.85. The van der Waals surface area contributed by atoms with Crippen molar-refractivity contribution in [2.75, 3.05) is 13.2 Å². The number of benzene rings is 1. The lowest BCUT2D eigenvalue weighted by molar-refractivity contribution is -0.122. The Morgan fingerprint density at radius 2 is 2.04 bits per heavy atom. The van der Waals surface area contributed by atoms with Crippen molar-refractivity contribution in [3.63, 3.8) is 0 Å². The van der Waals surface area contributed by atoms with Gasteiger partial charge in [0.1, 0.15) is 11.6 Å². The highest BCUT2D eigenvalue weighted by molar-refractivity contribution is 5.82. The van der Waals surface area contributed by atoms with Crippen molar-refractivity contribution in [3.05, 3.63) is 30.1 Å². The third-order valence-corrected chi connectivity index (χ3v) is 4.88. The summed E-state index contributed by atoms with van der Waals surface area (Å²) in [5, 5.41) is 6.47. The van der Waals surface area contributed by atoms with E-state index in [4.69, 9.17) is 4.74 Å². The molecule has 0 bridgehead atoms. The first-order valence-corrected chi connectivity index (χ1v) is 8.64. The Labute approximate surface area is 136 Å². The van der Waals surface area contributed by atoms with E-state index in [2.05, 4.69) is 10.6 Å². The van der Waals surface area contributed by atoms with E-state index in [1.54, 1.807) is 12.1 Å². The summed E-state index contributed by atoms with van der Waals surface area (Å²) < 4.78 is 18.3. The zero-order chi connectivity index (χ0) is 16.1. The molecule has 23 heavy (non-hydrogen) atoms. The van der Waals surface area contributed by atoms with Crippen molar-refractivity contribution in [1.82, 2.24) is 10.6 Å². The summed E-state index contributed by atoms with van der Waals surface area (Å²) in [6.07, 6.45) is 6.76. The number of carbonyl (C=O) groups is 1. The van der Waals surface area contributed by atoms with Crippen LogP contribution in [0.2, 0.25) is 0 Å². The zero-order valence-corrected chi connectivity index (χ0v) is 13.4. The molecule has 1 saturated carbocycles. The monoisotopic (exact) mass is 320 g/mol. The van der Waals surface area contributed by atoms with Gasteiger partial charge in [0.05, 0.1) is 12.6 Å². The van der Waals surface area contributed by atoms with Gasteiger partial charge < -0.3 is 15.4 Å². The molecule has 3 atom stereocenters. The number of ether oxygens (including phenoxy) is 1. The predicted octanol–water partition coefficient (Wildman–Crippen LogP) is 2.63. The molecule has 0 aromatic heterocycles. The van der Waals surface area contributed by atoms with Crippen molar-refractivity contribution in [1.29, 1.82) is 0 Å². The Hall–Kier alpha value is -1.62. The number of hydrogen-bond acceptors (Lipinski definition) is 3. The van der Waals surface area contributed by atoms with Gasteiger partial charge in [-0.15, -0.1) is 0 Å². The molecule has 2 aliphatic rings. The van der Waals surface area contributed by atoms with E-state index in [1.165, 1.54) is 37.8 Å². The van der Waals surface area contributed by atoms with Crippen LogP contribution in [-0.2, 0) is 4.79 Å². The summed E-state index contributed by atoms with van der Waals surface area (Å²) in [5.74, 6) is 1.18. The van der Waals surface area contributed by atoms with Crippen LogP contribution in [0.25, 0.3) is 0 Å². The molecule has 1 amide bonds. The van der Waals surface area contributed by atoms with Gasteiger partial charge in [0.2, 0.25) is 5.91 Å². The van der Waals surface area contributed by atoms with Crippen LogP contribution in [0.4, 0.5) is 4.39 Å². The highest BCUT2D eigenvalue weighted by atomic mass is 19.1. The quantitative estimate of drug-likeness (QED) is 0.792. The van der Waals surface area contributed by atoms with Gasteiger partial charge in [0, 0.05) is 12.6 Å². The fraction of sp³-hybridized carbons (Fsp3) is 0.611. The molecule has 4 nitrogen and oxygen atoms in total. The molecule has 2 fully saturated rings. The maximum absolute atomic E-state index is 12.8. The molecule has 3 rings (SSSR count). The van der Waals surface area contributed by atoms with Crippen molar-refractivity contribution in [2.45, 2.75) is 50.6 Å². The zero-order valence-electron chi connectivity index (χ0n) is 13.4. The van der Waals surface area contributed by atoms with Crippen LogP contribution in [0.3, 0.4) is 0 Å². The fourth-order valence-electron chi connectivity index (χ4n) is 3.65. The minimum Gasteiger partial charge on any atom is -0.494 e. The van der Waals surface area contributed by atoms with E-state index in [0.29, 0.717) is 30.9 Å². The molecule has 5 heteroatoms. The second-order valence-corrected chi connectivity index (χ2v) is 6.55. The van der Waals surface area contributed by atoms with Crippen LogP contribution in [0.1, 0.15) is 38.5 Å². The Bertz CT molecular complexity index is 506. The first kappa shape index (κ1) is 16.2. The van der Waals surface area contributed by atoms with Crippen molar-refractivity contribution < 1.29 is 13.9 Å². The van der Waals surface area contributed by atoms with Crippen LogP contribution in [0.15, 0.2) is 24.3 Å². The topological polar surface area (TPSA) is 50.4 Å². The Balaban J connectivity index is 1.31. The third kappa shape index (κ3) is 4.44. The number of nitrogens with one attached hydrogen (secondary N) is 2. The summed E-state index contributed by atoms with van der Waals surface area (Å²) in [6, 6.07) is 6.49. The SMILES string of the molecule is O=C(NCCCOc1ccc(F)cc1)C1CC2CCCCC2N1. The van der Waals surface area contributed by atoms with Gasteiger partial charge in [0.15, 0.2) is 0 Å². The van der Waals surface area contributed by atoms with Gasteiger partial charge in [-0.05, 0) is 55.9 Å². The highest BCUT2D eigenvalue weighted by Crippen LogP contribution is 2.33. The minimum absolute atomic E-state index is 0.0267. The lowest BCUT2D eigenvalue weighted by Crippen LogP contribution is -2.43. The first-order chi connectivity index (χ1) is 11.2. The molecule has 2 N–H and O–H groups in total. The third-order valence-electron chi connectivity index (χ3n) is 4.88. The van der Waals surface area contributed by atoms with E-state index in [9.17, 15) is 9.18 Å². The van der Waals surface area contributed by atoms with E-state index in [1.807, 2.05) is 0 Å². The largest absolute Gasteiger partial charge is 0.494 e. The van der Waals surface area contributed by atoms with Gasteiger partial charge in [-0.3, -0.25) is 4.79 Å². The van der Waals surface area contributed by atoms with Gasteiger partial charge >= 0.3 is 0 Å². The summed E-state index contributed by atoms with van der Waals surface area (Å²) in [4.78, 5) is 12.2. The molecule has 3 unspecified atom stereocenters. The second kappa shape index (κ2) is 7.77. The number of carbonyl (C=O) groups excluding carboxylic acids is 1. The fourth-order valence-corrected chi connectivity index (χ4v) is 3.65. The maximum atomic E-state index is 12.8. The summed E-state index contributed by atoms with van der Waals surface area (Å²) >= 11 is 0. The van der Waals surface area contributed by atoms with E-state index in [-0.39, 0.29) is 17.8 Å². The molecular formula is C18H25FN2O2. The molecule has 126 valence electrons. The maximum Gasteiger partial charge on any atom is 0.237 e. The standard InChI is InChI=1S/C18H25FN2O2/c19-14-6-8-15(9-7-14)23-11-3-10-20-18(22)17-12-13-4-1-2-5-16(13)21-17/h6-9,13,16-17,21H,1-5,10-12H2,(H,20,22). The van der Waals surface area contributed by atoms with Crippen LogP contribution in [0, 0.1) is 11.7 Å². The second-order valence-electron chi connectivity index (χ2n) is 6.55. The molecule has 1 heterocycles. The molecule has 1 aromatic rings. The smallest absolute Gasteiger partial charge is 0.237 e. The van der Waals surface area contributed by atoms with Gasteiger partial charge in [-0.2, -0.15) is 0 Å². The Morgan fingerprint density at radius 3 is 2.83 bits per heavy atom. The summed E-state index contributed by atoms with van der Waals surface area (Å²) in [5.41, 5.74) is 0. The van der Waals surface area contributed by atoms with Crippen LogP contribution < -0.4 is 15.4 Å². The number of rotatable bonds is 6. The van der Waals surface area contributed by atoms with E-state index >= 15 is 0 Å². The number of fused-ring (bicyclic) bond motifs is 1. The van der Waals surface area contributed by atoms with Gasteiger partial charge in [-0.1, -0.05) is 12.8 Å². The summed E-state index contributed by atoms with van der Waals surface area (Å²) in [7, 11) is 0. The predicted molar refractivity (Wildman–Crippen MR) is 86.8 cm³/mol.